The zero-order valence-electron chi connectivity index (χ0n) is 9.99. The Kier molecular flexibility index (Phi) is 3.23. The molecule has 6 heteroatoms. The second kappa shape index (κ2) is 4.55. The van der Waals surface area contributed by atoms with Gasteiger partial charge in [-0.25, -0.2) is 13.1 Å². The molecule has 0 bridgehead atoms. The summed E-state index contributed by atoms with van der Waals surface area (Å²) in [5.41, 5.74) is 2.12. The monoisotopic (exact) mass is 266 g/mol. The number of hydrogen-bond donors (Lipinski definition) is 2. The van der Waals surface area contributed by atoms with Crippen LogP contribution in [0.5, 0.6) is 0 Å². The summed E-state index contributed by atoms with van der Waals surface area (Å²) < 4.78 is 26.4. The molecule has 0 unspecified atom stereocenters. The van der Waals surface area contributed by atoms with Gasteiger partial charge in [0.15, 0.2) is 0 Å². The Morgan fingerprint density at radius 1 is 1.50 bits per heavy atom. The summed E-state index contributed by atoms with van der Waals surface area (Å²) in [4.78, 5) is 11.4. The topological polar surface area (TPSA) is 75.3 Å². The van der Waals surface area contributed by atoms with Crippen LogP contribution in [0.1, 0.15) is 12.5 Å². The van der Waals surface area contributed by atoms with Crippen molar-refractivity contribution in [3.8, 4) is 0 Å². The van der Waals surface area contributed by atoms with Crippen LogP contribution in [0, 0.1) is 0 Å². The van der Waals surface area contributed by atoms with E-state index in [4.69, 9.17) is 0 Å². The Labute approximate surface area is 106 Å². The highest BCUT2D eigenvalue weighted by molar-refractivity contribution is 7.89. The van der Waals surface area contributed by atoms with Gasteiger partial charge in [-0.3, -0.25) is 4.79 Å². The first-order valence-electron chi connectivity index (χ1n) is 5.45. The minimum atomic E-state index is -3.54. The Balaban J connectivity index is 2.27. The van der Waals surface area contributed by atoms with Crippen LogP contribution in [0.25, 0.3) is 0 Å². The van der Waals surface area contributed by atoms with Crippen molar-refractivity contribution in [2.75, 3.05) is 11.9 Å². The van der Waals surface area contributed by atoms with E-state index in [0.29, 0.717) is 11.3 Å². The minimum Gasteiger partial charge on any atom is -0.326 e. The van der Waals surface area contributed by atoms with Crippen LogP contribution >= 0.6 is 0 Å². The molecular formula is C12H14N2O3S. The zero-order valence-corrected chi connectivity index (χ0v) is 10.8. The van der Waals surface area contributed by atoms with E-state index in [1.54, 1.807) is 13.0 Å². The van der Waals surface area contributed by atoms with E-state index in [1.165, 1.54) is 12.1 Å². The third kappa shape index (κ3) is 2.60. The number of rotatable bonds is 4. The van der Waals surface area contributed by atoms with Gasteiger partial charge in [-0.15, -0.1) is 0 Å². The van der Waals surface area contributed by atoms with Gasteiger partial charge in [0, 0.05) is 12.2 Å². The van der Waals surface area contributed by atoms with Crippen LogP contribution in [0.4, 0.5) is 5.69 Å². The molecule has 1 aliphatic heterocycles. The molecule has 18 heavy (non-hydrogen) atoms. The van der Waals surface area contributed by atoms with Crippen molar-refractivity contribution in [1.82, 2.24) is 4.72 Å². The summed E-state index contributed by atoms with van der Waals surface area (Å²) >= 11 is 0. The maximum absolute atomic E-state index is 12.0. The molecule has 0 saturated carbocycles. The number of sulfonamides is 1. The smallest absolute Gasteiger partial charge is 0.240 e. The van der Waals surface area contributed by atoms with E-state index in [-0.39, 0.29) is 23.8 Å². The molecule has 0 aromatic heterocycles. The van der Waals surface area contributed by atoms with E-state index >= 15 is 0 Å². The van der Waals surface area contributed by atoms with E-state index in [0.717, 1.165) is 5.57 Å². The highest BCUT2D eigenvalue weighted by Gasteiger charge is 2.21. The van der Waals surface area contributed by atoms with Crippen molar-refractivity contribution in [3.05, 3.63) is 35.9 Å². The predicted octanol–water partition coefficient (Wildman–Crippen LogP) is 1.04. The molecule has 0 aliphatic carbocycles. The summed E-state index contributed by atoms with van der Waals surface area (Å²) in [6.45, 7) is 5.59. The molecule has 0 atom stereocenters. The normalized spacial score (nSPS) is 14.2. The maximum Gasteiger partial charge on any atom is 0.240 e. The van der Waals surface area contributed by atoms with Gasteiger partial charge in [-0.1, -0.05) is 12.2 Å². The van der Waals surface area contributed by atoms with Gasteiger partial charge in [0.25, 0.3) is 0 Å². The molecule has 0 fully saturated rings. The SMILES string of the molecule is C=C(C)CNS(=O)(=O)c1ccc2c(c1)CC(=O)N2. The first-order chi connectivity index (χ1) is 8.38. The van der Waals surface area contributed by atoms with Crippen molar-refractivity contribution in [3.63, 3.8) is 0 Å². The molecule has 5 nitrogen and oxygen atoms in total. The highest BCUT2D eigenvalue weighted by atomic mass is 32.2. The molecule has 2 rings (SSSR count). The Morgan fingerprint density at radius 3 is 2.89 bits per heavy atom. The van der Waals surface area contributed by atoms with Gasteiger partial charge in [-0.05, 0) is 30.7 Å². The average Bonchev–Trinajstić information content (AvgIpc) is 2.65. The lowest BCUT2D eigenvalue weighted by molar-refractivity contribution is -0.115. The van der Waals surface area contributed by atoms with Gasteiger partial charge < -0.3 is 5.32 Å². The first-order valence-corrected chi connectivity index (χ1v) is 6.93. The largest absolute Gasteiger partial charge is 0.326 e. The van der Waals surface area contributed by atoms with Crippen LogP contribution in [0.3, 0.4) is 0 Å². The van der Waals surface area contributed by atoms with Crippen molar-refractivity contribution >= 4 is 21.6 Å². The number of carbonyl (C=O) groups is 1. The predicted molar refractivity (Wildman–Crippen MR) is 68.8 cm³/mol. The van der Waals surface area contributed by atoms with Crippen molar-refractivity contribution in [2.45, 2.75) is 18.2 Å². The molecule has 1 aromatic carbocycles. The van der Waals surface area contributed by atoms with Crippen LogP contribution in [-0.2, 0) is 21.2 Å². The van der Waals surface area contributed by atoms with Gasteiger partial charge in [0.1, 0.15) is 0 Å². The van der Waals surface area contributed by atoms with Crippen LogP contribution in [0.2, 0.25) is 0 Å². The Morgan fingerprint density at radius 2 is 2.22 bits per heavy atom. The van der Waals surface area contributed by atoms with E-state index < -0.39 is 10.0 Å². The second-order valence-electron chi connectivity index (χ2n) is 4.33. The van der Waals surface area contributed by atoms with Crippen LogP contribution in [0.15, 0.2) is 35.2 Å². The molecule has 1 amide bonds. The van der Waals surface area contributed by atoms with Crippen molar-refractivity contribution < 1.29 is 13.2 Å². The number of hydrogen-bond acceptors (Lipinski definition) is 3. The fraction of sp³-hybridized carbons (Fsp3) is 0.250. The third-order valence-electron chi connectivity index (χ3n) is 2.58. The van der Waals surface area contributed by atoms with Gasteiger partial charge >= 0.3 is 0 Å². The fourth-order valence-electron chi connectivity index (χ4n) is 1.67. The van der Waals surface area contributed by atoms with Gasteiger partial charge in [0.2, 0.25) is 15.9 Å². The van der Waals surface area contributed by atoms with E-state index in [1.807, 2.05) is 0 Å². The summed E-state index contributed by atoms with van der Waals surface area (Å²) in [6, 6.07) is 4.61. The molecular weight excluding hydrogens is 252 g/mol. The Bertz CT molecular complexity index is 620. The lowest BCUT2D eigenvalue weighted by atomic mass is 10.2. The third-order valence-corrected chi connectivity index (χ3v) is 3.97. The second-order valence-corrected chi connectivity index (χ2v) is 6.09. The standard InChI is InChI=1S/C12H14N2O3S/c1-8(2)7-13-18(16,17)10-3-4-11-9(5-10)6-12(15)14-11/h3-5,13H,1,6-7H2,2H3,(H,14,15). The van der Waals surface area contributed by atoms with Gasteiger partial charge in [-0.2, -0.15) is 0 Å². The van der Waals surface area contributed by atoms with Crippen LogP contribution in [-0.4, -0.2) is 20.9 Å². The van der Waals surface area contributed by atoms with Crippen molar-refractivity contribution in [2.24, 2.45) is 0 Å². The molecule has 1 heterocycles. The number of benzene rings is 1. The van der Waals surface area contributed by atoms with E-state index in [9.17, 15) is 13.2 Å². The molecule has 2 N–H and O–H groups in total. The average molecular weight is 266 g/mol. The lowest BCUT2D eigenvalue weighted by Crippen LogP contribution is -2.25. The quantitative estimate of drug-likeness (QED) is 0.799. The fourth-order valence-corrected chi connectivity index (χ4v) is 2.82. The molecule has 0 spiro atoms. The Hall–Kier alpha value is -1.66. The highest BCUT2D eigenvalue weighted by Crippen LogP contribution is 2.25. The number of nitrogens with one attached hydrogen (secondary N) is 2. The summed E-state index contributed by atoms with van der Waals surface area (Å²) in [7, 11) is -3.54. The summed E-state index contributed by atoms with van der Waals surface area (Å²) in [5.74, 6) is -0.116. The number of carbonyl (C=O) groups excluding carboxylic acids is 1. The number of amides is 1. The molecule has 1 aromatic rings. The van der Waals surface area contributed by atoms with E-state index in [2.05, 4.69) is 16.6 Å². The van der Waals surface area contributed by atoms with Crippen LogP contribution < -0.4 is 10.0 Å². The van der Waals surface area contributed by atoms with Gasteiger partial charge in [0.05, 0.1) is 11.3 Å². The maximum atomic E-state index is 12.0. The lowest BCUT2D eigenvalue weighted by Gasteiger charge is -2.07. The first kappa shape index (κ1) is 12.8. The molecule has 96 valence electrons. The zero-order chi connectivity index (χ0) is 13.3. The minimum absolute atomic E-state index is 0.116. The number of anilines is 1. The summed E-state index contributed by atoms with van der Waals surface area (Å²) in [5, 5.41) is 2.66. The molecule has 0 radical (unpaired) electrons. The summed E-state index contributed by atoms with van der Waals surface area (Å²) in [6.07, 6.45) is 0.221. The molecule has 0 saturated heterocycles. The molecule has 1 aliphatic rings. The van der Waals surface area contributed by atoms with Crippen molar-refractivity contribution in [1.29, 1.82) is 0 Å². The number of fused-ring (bicyclic) bond motifs is 1.